The summed E-state index contributed by atoms with van der Waals surface area (Å²) in [5.74, 6) is 0. The van der Waals surface area contributed by atoms with Crippen molar-refractivity contribution in [2.24, 2.45) is 0 Å². The lowest BCUT2D eigenvalue weighted by molar-refractivity contribution is -0.0798. The predicted molar refractivity (Wildman–Crippen MR) is 57.0 cm³/mol. The Hall–Kier alpha value is -0.610. The third-order valence-corrected chi connectivity index (χ3v) is 2.67. The summed E-state index contributed by atoms with van der Waals surface area (Å²) in [7, 11) is 0. The Bertz CT molecular complexity index is 354. The molecule has 0 nitrogen and oxygen atoms in total. The van der Waals surface area contributed by atoms with E-state index in [4.69, 9.17) is 11.6 Å². The lowest BCUT2D eigenvalue weighted by Crippen LogP contribution is -2.01. The minimum absolute atomic E-state index is 0.0824. The Morgan fingerprint density at radius 1 is 1.27 bits per heavy atom. The summed E-state index contributed by atoms with van der Waals surface area (Å²) in [5.41, 5.74) is 1.05. The van der Waals surface area contributed by atoms with Gasteiger partial charge in [0.05, 0.1) is 4.36 Å². The Morgan fingerprint density at radius 3 is 2.27 bits per heavy atom. The van der Waals surface area contributed by atoms with Gasteiger partial charge >= 0.3 is 6.18 Å². The Labute approximate surface area is 95.1 Å². The fraction of sp³-hybridized carbons (Fsp3) is 0.200. The second kappa shape index (κ2) is 4.94. The molecule has 1 rings (SSSR count). The van der Waals surface area contributed by atoms with Crippen molar-refractivity contribution in [1.29, 1.82) is 0 Å². The smallest absolute Gasteiger partial charge is 0.167 e. The van der Waals surface area contributed by atoms with Gasteiger partial charge in [0.1, 0.15) is 0 Å². The first-order valence-electron chi connectivity index (χ1n) is 4.06. The van der Waals surface area contributed by atoms with E-state index in [1.165, 1.54) is 0 Å². The molecular formula is C10H8ClF3S. The zero-order valence-electron chi connectivity index (χ0n) is 7.81. The van der Waals surface area contributed by atoms with Gasteiger partial charge < -0.3 is 0 Å². The van der Waals surface area contributed by atoms with Crippen LogP contribution in [0.15, 0.2) is 39.6 Å². The summed E-state index contributed by atoms with van der Waals surface area (Å²) in [6, 6.07) is 7.10. The van der Waals surface area contributed by atoms with E-state index in [0.717, 1.165) is 17.3 Å². The molecule has 0 aliphatic heterocycles. The number of aryl methyl sites for hydroxylation is 1. The van der Waals surface area contributed by atoms with E-state index in [2.05, 4.69) is 0 Å². The van der Waals surface area contributed by atoms with Crippen LogP contribution in [0.3, 0.4) is 0 Å². The van der Waals surface area contributed by atoms with Crippen LogP contribution in [-0.4, -0.2) is 6.18 Å². The molecule has 0 spiro atoms. The largest absolute Gasteiger partial charge is 0.411 e. The van der Waals surface area contributed by atoms with Crippen molar-refractivity contribution in [2.45, 2.75) is 18.0 Å². The van der Waals surface area contributed by atoms with E-state index in [0.29, 0.717) is 4.90 Å². The fourth-order valence-electron chi connectivity index (χ4n) is 0.877. The third kappa shape index (κ3) is 5.14. The maximum absolute atomic E-state index is 11.9. The van der Waals surface area contributed by atoms with E-state index >= 15 is 0 Å². The first kappa shape index (κ1) is 12.5. The Balaban J connectivity index is 2.70. The van der Waals surface area contributed by atoms with E-state index < -0.39 is 6.18 Å². The van der Waals surface area contributed by atoms with Crippen LogP contribution in [0.1, 0.15) is 5.56 Å². The van der Waals surface area contributed by atoms with E-state index in [1.807, 2.05) is 19.1 Å². The molecule has 82 valence electrons. The number of thioether (sulfide) groups is 1. The molecule has 1 aromatic rings. The molecule has 0 saturated heterocycles. The van der Waals surface area contributed by atoms with Gasteiger partial charge in [0, 0.05) is 11.0 Å². The van der Waals surface area contributed by atoms with Crippen LogP contribution >= 0.6 is 23.4 Å². The summed E-state index contributed by atoms with van der Waals surface area (Å²) < 4.78 is 35.4. The van der Waals surface area contributed by atoms with Gasteiger partial charge in [0.15, 0.2) is 0 Å². The van der Waals surface area contributed by atoms with Crippen molar-refractivity contribution in [3.8, 4) is 0 Å². The molecule has 0 amide bonds. The Morgan fingerprint density at radius 2 is 1.80 bits per heavy atom. The van der Waals surface area contributed by atoms with Gasteiger partial charge in [0.25, 0.3) is 0 Å². The van der Waals surface area contributed by atoms with Crippen LogP contribution in [0.4, 0.5) is 13.2 Å². The number of alkyl halides is 3. The maximum atomic E-state index is 11.9. The zero-order valence-corrected chi connectivity index (χ0v) is 9.38. The molecule has 0 aliphatic rings. The van der Waals surface area contributed by atoms with Gasteiger partial charge in [-0.15, -0.1) is 0 Å². The molecule has 0 bridgehead atoms. The Kier molecular flexibility index (Phi) is 4.11. The average molecular weight is 253 g/mol. The number of hydrogen-bond donors (Lipinski definition) is 0. The number of halogens is 4. The molecular weight excluding hydrogens is 245 g/mol. The van der Waals surface area contributed by atoms with Gasteiger partial charge in [0.2, 0.25) is 0 Å². The van der Waals surface area contributed by atoms with E-state index in [1.54, 1.807) is 12.1 Å². The summed E-state index contributed by atoms with van der Waals surface area (Å²) in [4.78, 5) is 0.686. The van der Waals surface area contributed by atoms with Gasteiger partial charge in [-0.1, -0.05) is 41.1 Å². The lowest BCUT2D eigenvalue weighted by atomic mass is 10.2. The first-order valence-corrected chi connectivity index (χ1v) is 5.26. The van der Waals surface area contributed by atoms with Crippen molar-refractivity contribution >= 4 is 23.4 Å². The molecule has 0 heterocycles. The normalized spacial score (nSPS) is 13.0. The van der Waals surface area contributed by atoms with Gasteiger partial charge in [-0.3, -0.25) is 0 Å². The van der Waals surface area contributed by atoms with Crippen LogP contribution in [-0.2, 0) is 0 Å². The van der Waals surface area contributed by atoms with E-state index in [9.17, 15) is 13.2 Å². The van der Waals surface area contributed by atoms with Gasteiger partial charge in [-0.05, 0) is 19.1 Å². The molecule has 5 heteroatoms. The van der Waals surface area contributed by atoms with Crippen LogP contribution < -0.4 is 0 Å². The van der Waals surface area contributed by atoms with Gasteiger partial charge in [-0.25, -0.2) is 0 Å². The fourth-order valence-corrected chi connectivity index (χ4v) is 1.96. The molecule has 0 unspecified atom stereocenters. The molecule has 0 atom stereocenters. The highest BCUT2D eigenvalue weighted by Crippen LogP contribution is 2.32. The van der Waals surface area contributed by atoms with Crippen molar-refractivity contribution in [1.82, 2.24) is 0 Å². The SMILES string of the molecule is Cc1ccc(S/C(Cl)=C/C(F)(F)F)cc1. The van der Waals surface area contributed by atoms with Crippen molar-refractivity contribution in [3.05, 3.63) is 40.3 Å². The summed E-state index contributed by atoms with van der Waals surface area (Å²) in [6.07, 6.45) is -4.28. The lowest BCUT2D eigenvalue weighted by Gasteiger charge is -2.02. The number of rotatable bonds is 2. The summed E-state index contributed by atoms with van der Waals surface area (Å²) >= 11 is 6.33. The molecule has 1 aromatic carbocycles. The highest BCUT2D eigenvalue weighted by molar-refractivity contribution is 8.04. The number of benzene rings is 1. The quantitative estimate of drug-likeness (QED) is 0.686. The molecule has 0 aliphatic carbocycles. The molecule has 0 radical (unpaired) electrons. The molecule has 0 fully saturated rings. The monoisotopic (exact) mass is 252 g/mol. The van der Waals surface area contributed by atoms with Crippen LogP contribution in [0.2, 0.25) is 0 Å². The minimum atomic E-state index is -4.37. The van der Waals surface area contributed by atoms with Crippen molar-refractivity contribution in [3.63, 3.8) is 0 Å². The highest BCUT2D eigenvalue weighted by Gasteiger charge is 2.24. The summed E-state index contributed by atoms with van der Waals surface area (Å²) in [5, 5.41) is 0. The standard InChI is InChI=1S/C10H8ClF3S/c1-7-2-4-8(5-3-7)15-9(11)6-10(12,13)14/h2-6H,1H3/b9-6+. The first-order chi connectivity index (χ1) is 6.87. The minimum Gasteiger partial charge on any atom is -0.167 e. The molecule has 0 aromatic heterocycles. The van der Waals surface area contributed by atoms with Crippen LogP contribution in [0.5, 0.6) is 0 Å². The molecule has 0 N–H and O–H groups in total. The maximum Gasteiger partial charge on any atom is 0.411 e. The topological polar surface area (TPSA) is 0 Å². The molecule has 0 saturated carbocycles. The van der Waals surface area contributed by atoms with Crippen LogP contribution in [0, 0.1) is 6.92 Å². The van der Waals surface area contributed by atoms with Crippen molar-refractivity contribution < 1.29 is 13.2 Å². The van der Waals surface area contributed by atoms with Crippen LogP contribution in [0.25, 0.3) is 0 Å². The van der Waals surface area contributed by atoms with Gasteiger partial charge in [-0.2, -0.15) is 13.2 Å². The zero-order chi connectivity index (χ0) is 11.5. The average Bonchev–Trinajstić information content (AvgIpc) is 2.05. The number of allylic oxidation sites excluding steroid dienone is 1. The molecule has 15 heavy (non-hydrogen) atoms. The predicted octanol–water partition coefficient (Wildman–Crippen LogP) is 4.73. The third-order valence-electron chi connectivity index (χ3n) is 1.51. The summed E-state index contributed by atoms with van der Waals surface area (Å²) in [6.45, 7) is 1.90. The highest BCUT2D eigenvalue weighted by atomic mass is 35.5. The van der Waals surface area contributed by atoms with Crippen molar-refractivity contribution in [2.75, 3.05) is 0 Å². The second-order valence-electron chi connectivity index (χ2n) is 2.91. The van der Waals surface area contributed by atoms with E-state index in [-0.39, 0.29) is 10.4 Å². The number of hydrogen-bond acceptors (Lipinski definition) is 1. The second-order valence-corrected chi connectivity index (χ2v) is 4.65.